The van der Waals surface area contributed by atoms with E-state index in [0.29, 0.717) is 29.1 Å². The maximum absolute atomic E-state index is 13.9. The summed E-state index contributed by atoms with van der Waals surface area (Å²) in [6.07, 6.45) is 0. The molecule has 0 fully saturated rings. The summed E-state index contributed by atoms with van der Waals surface area (Å²) in [5, 5.41) is 0. The minimum Gasteiger partial charge on any atom is -0.386 e. The van der Waals surface area contributed by atoms with Gasteiger partial charge in [-0.15, -0.1) is 0 Å². The average molecular weight is 453 g/mol. The van der Waals surface area contributed by atoms with Crippen LogP contribution in [-0.4, -0.2) is 0 Å². The fourth-order valence-corrected chi connectivity index (χ4v) is 4.59. The Morgan fingerprint density at radius 2 is 1.22 bits per heavy atom. The number of hydrogen-bond acceptors (Lipinski definition) is 4. The first-order chi connectivity index (χ1) is 15.2. The molecular formula is C27H33O4P. The molecule has 0 heterocycles. The lowest BCUT2D eigenvalue weighted by atomic mass is 10.0. The first-order valence-corrected chi connectivity index (χ1v) is 12.6. The maximum atomic E-state index is 13.9. The summed E-state index contributed by atoms with van der Waals surface area (Å²) in [4.78, 5) is 0. The lowest BCUT2D eigenvalue weighted by Gasteiger charge is -2.22. The minimum absolute atomic E-state index is 0.189. The lowest BCUT2D eigenvalue weighted by Crippen LogP contribution is -2.09. The van der Waals surface area contributed by atoms with Gasteiger partial charge in [0.15, 0.2) is 0 Å². The molecule has 5 heteroatoms. The Morgan fingerprint density at radius 3 is 1.84 bits per heavy atom. The van der Waals surface area contributed by atoms with Crippen LogP contribution in [0.3, 0.4) is 0 Å². The van der Waals surface area contributed by atoms with E-state index < -0.39 is 7.82 Å². The Labute approximate surface area is 192 Å². The van der Waals surface area contributed by atoms with Crippen LogP contribution in [0.1, 0.15) is 76.0 Å². The zero-order valence-electron chi connectivity index (χ0n) is 19.7. The van der Waals surface area contributed by atoms with Gasteiger partial charge >= 0.3 is 7.82 Å². The zero-order valence-corrected chi connectivity index (χ0v) is 20.6. The van der Waals surface area contributed by atoms with E-state index in [1.54, 1.807) is 24.3 Å². The van der Waals surface area contributed by atoms with Gasteiger partial charge in [0.2, 0.25) is 0 Å². The SMILES string of the molecule is CC(C)c1ccc(OP(=O)(Oc2cccc(C(C)C)c2)Oc2ccccc2C(C)C)cc1. The van der Waals surface area contributed by atoms with Gasteiger partial charge in [-0.2, -0.15) is 4.57 Å². The Bertz CT molecular complexity index is 1070. The van der Waals surface area contributed by atoms with Crippen molar-refractivity contribution >= 4 is 7.82 Å². The molecule has 3 rings (SSSR count). The standard InChI is InChI=1S/C27H33O4P/c1-19(2)22-14-16-24(17-15-22)29-32(28,30-25-11-9-10-23(18-25)20(3)4)31-27-13-8-7-12-26(27)21(5)6/h7-21H,1-6H3. The minimum atomic E-state index is -4.04. The number of phosphoric acid groups is 1. The van der Waals surface area contributed by atoms with E-state index in [1.165, 1.54) is 5.56 Å². The molecule has 0 aliphatic rings. The number of phosphoric ester groups is 1. The molecule has 0 radical (unpaired) electrons. The fourth-order valence-electron chi connectivity index (χ4n) is 3.32. The van der Waals surface area contributed by atoms with Gasteiger partial charge in [0.05, 0.1) is 0 Å². The van der Waals surface area contributed by atoms with Crippen LogP contribution in [0.2, 0.25) is 0 Å². The molecule has 0 amide bonds. The van der Waals surface area contributed by atoms with Crippen molar-refractivity contribution in [2.24, 2.45) is 0 Å². The van der Waals surface area contributed by atoms with Crippen LogP contribution in [0.5, 0.6) is 17.2 Å². The fraction of sp³-hybridized carbons (Fsp3) is 0.333. The van der Waals surface area contributed by atoms with Crippen LogP contribution in [0.25, 0.3) is 0 Å². The monoisotopic (exact) mass is 452 g/mol. The molecule has 0 aliphatic heterocycles. The van der Waals surface area contributed by atoms with Crippen LogP contribution in [0.15, 0.2) is 72.8 Å². The lowest BCUT2D eigenvalue weighted by molar-refractivity contribution is 0.297. The molecule has 0 saturated carbocycles. The summed E-state index contributed by atoms with van der Waals surface area (Å²) in [5.41, 5.74) is 3.19. The molecule has 4 nitrogen and oxygen atoms in total. The van der Waals surface area contributed by atoms with Gasteiger partial charge < -0.3 is 13.6 Å². The molecule has 3 aromatic carbocycles. The van der Waals surface area contributed by atoms with Crippen LogP contribution in [-0.2, 0) is 4.57 Å². The zero-order chi connectivity index (χ0) is 23.3. The average Bonchev–Trinajstić information content (AvgIpc) is 2.74. The van der Waals surface area contributed by atoms with Gasteiger partial charge in [-0.1, -0.05) is 84.0 Å². The Hall–Kier alpha value is -2.71. The highest BCUT2D eigenvalue weighted by molar-refractivity contribution is 7.49. The van der Waals surface area contributed by atoms with E-state index >= 15 is 0 Å². The van der Waals surface area contributed by atoms with Gasteiger partial charge in [0.25, 0.3) is 0 Å². The van der Waals surface area contributed by atoms with Gasteiger partial charge in [0.1, 0.15) is 17.2 Å². The van der Waals surface area contributed by atoms with Crippen molar-refractivity contribution < 1.29 is 18.1 Å². The van der Waals surface area contributed by atoms with E-state index in [9.17, 15) is 4.57 Å². The largest absolute Gasteiger partial charge is 0.647 e. The van der Waals surface area contributed by atoms with Crippen molar-refractivity contribution in [3.05, 3.63) is 89.5 Å². The number of para-hydroxylation sites is 1. The van der Waals surface area contributed by atoms with Gasteiger partial charge in [0, 0.05) is 0 Å². The number of rotatable bonds is 9. The summed E-state index contributed by atoms with van der Waals surface area (Å²) in [5.74, 6) is 2.25. The van der Waals surface area contributed by atoms with Crippen molar-refractivity contribution in [2.45, 2.75) is 59.3 Å². The second-order valence-electron chi connectivity index (χ2n) is 8.86. The van der Waals surface area contributed by atoms with Gasteiger partial charge in [-0.25, -0.2) is 0 Å². The molecule has 0 spiro atoms. The van der Waals surface area contributed by atoms with Crippen molar-refractivity contribution in [3.8, 4) is 17.2 Å². The summed E-state index contributed by atoms with van der Waals surface area (Å²) < 4.78 is 31.7. The normalized spacial score (nSPS) is 13.3. The molecule has 3 aromatic rings. The van der Waals surface area contributed by atoms with Crippen LogP contribution in [0.4, 0.5) is 0 Å². The molecule has 32 heavy (non-hydrogen) atoms. The Balaban J connectivity index is 1.96. The first-order valence-electron chi connectivity index (χ1n) is 11.1. The second kappa shape index (κ2) is 10.3. The molecule has 0 aliphatic carbocycles. The summed E-state index contributed by atoms with van der Waals surface area (Å²) >= 11 is 0. The highest BCUT2D eigenvalue weighted by Gasteiger charge is 2.34. The first kappa shape index (κ1) is 23.9. The van der Waals surface area contributed by atoms with E-state index in [0.717, 1.165) is 11.1 Å². The third kappa shape index (κ3) is 6.17. The topological polar surface area (TPSA) is 44.8 Å². The summed E-state index contributed by atoms with van der Waals surface area (Å²) in [7, 11) is -4.04. The summed E-state index contributed by atoms with van der Waals surface area (Å²) in [6.45, 7) is 12.6. The molecule has 0 bridgehead atoms. The predicted octanol–water partition coefficient (Wildman–Crippen LogP) is 8.70. The summed E-state index contributed by atoms with van der Waals surface area (Å²) in [6, 6.07) is 22.6. The highest BCUT2D eigenvalue weighted by atomic mass is 31.2. The molecule has 0 saturated heterocycles. The Morgan fingerprint density at radius 1 is 0.594 bits per heavy atom. The molecule has 1 unspecified atom stereocenters. The molecule has 170 valence electrons. The number of hydrogen-bond donors (Lipinski definition) is 0. The van der Waals surface area contributed by atoms with Crippen molar-refractivity contribution in [1.82, 2.24) is 0 Å². The second-order valence-corrected chi connectivity index (χ2v) is 10.3. The molecule has 0 N–H and O–H groups in total. The highest BCUT2D eigenvalue weighted by Crippen LogP contribution is 2.51. The van der Waals surface area contributed by atoms with Crippen molar-refractivity contribution in [3.63, 3.8) is 0 Å². The molecule has 1 atom stereocenters. The third-order valence-corrected chi connectivity index (χ3v) is 6.55. The maximum Gasteiger partial charge on any atom is 0.647 e. The predicted molar refractivity (Wildman–Crippen MR) is 131 cm³/mol. The number of benzene rings is 3. The van der Waals surface area contributed by atoms with Crippen LogP contribution >= 0.6 is 7.82 Å². The quantitative estimate of drug-likeness (QED) is 0.305. The molecular weight excluding hydrogens is 419 g/mol. The molecule has 0 aromatic heterocycles. The van der Waals surface area contributed by atoms with Gasteiger partial charge in [-0.05, 0) is 64.8 Å². The smallest absolute Gasteiger partial charge is 0.386 e. The van der Waals surface area contributed by atoms with Crippen LogP contribution in [0, 0.1) is 0 Å². The Kier molecular flexibility index (Phi) is 7.69. The van der Waals surface area contributed by atoms with Crippen molar-refractivity contribution in [1.29, 1.82) is 0 Å². The van der Waals surface area contributed by atoms with E-state index in [1.807, 2.05) is 48.5 Å². The van der Waals surface area contributed by atoms with Gasteiger partial charge in [-0.3, -0.25) is 0 Å². The van der Waals surface area contributed by atoms with Crippen molar-refractivity contribution in [2.75, 3.05) is 0 Å². The third-order valence-electron chi connectivity index (χ3n) is 5.26. The van der Waals surface area contributed by atoms with Crippen LogP contribution < -0.4 is 13.6 Å². The van der Waals surface area contributed by atoms with E-state index in [2.05, 4.69) is 41.5 Å². The van der Waals surface area contributed by atoms with E-state index in [4.69, 9.17) is 13.6 Å². The van der Waals surface area contributed by atoms with E-state index in [-0.39, 0.29) is 5.92 Å².